The van der Waals surface area contributed by atoms with Crippen molar-refractivity contribution in [2.75, 3.05) is 66.1 Å². The van der Waals surface area contributed by atoms with Crippen molar-refractivity contribution in [3.05, 3.63) is 0 Å². The molecule has 0 atom stereocenters. The molecule has 142 valence electrons. The minimum absolute atomic E-state index is 0.0736. The highest BCUT2D eigenvalue weighted by Crippen LogP contribution is 1.99. The van der Waals surface area contributed by atoms with Gasteiger partial charge in [0.2, 0.25) is 0 Å². The molecule has 0 aliphatic heterocycles. The van der Waals surface area contributed by atoms with Crippen molar-refractivity contribution in [1.29, 1.82) is 0 Å². The summed E-state index contributed by atoms with van der Waals surface area (Å²) < 4.78 is 9.89. The summed E-state index contributed by atoms with van der Waals surface area (Å²) in [4.78, 5) is 26.2. The van der Waals surface area contributed by atoms with Crippen molar-refractivity contribution in [3.63, 3.8) is 0 Å². The molecule has 0 aliphatic carbocycles. The molecule has 0 aromatic heterocycles. The van der Waals surface area contributed by atoms with Crippen LogP contribution in [0.4, 0.5) is 0 Å². The van der Waals surface area contributed by atoms with Crippen LogP contribution in [0.15, 0.2) is 0 Å². The van der Waals surface area contributed by atoms with Crippen LogP contribution >= 0.6 is 0 Å². The highest BCUT2D eigenvalue weighted by molar-refractivity contribution is 5.77. The molecule has 10 heteroatoms. The van der Waals surface area contributed by atoms with Gasteiger partial charge >= 0.3 is 11.9 Å². The van der Waals surface area contributed by atoms with E-state index in [-0.39, 0.29) is 78.9 Å². The highest BCUT2D eigenvalue weighted by atomic mass is 16.6. The molecule has 0 heterocycles. The first-order chi connectivity index (χ1) is 11.6. The number of carbonyl (C=O) groups excluding carboxylic acids is 2. The minimum atomic E-state index is -0.588. The zero-order valence-corrected chi connectivity index (χ0v) is 13.8. The van der Waals surface area contributed by atoms with Crippen LogP contribution in [-0.2, 0) is 19.1 Å². The maximum Gasteiger partial charge on any atom is 0.307 e. The van der Waals surface area contributed by atoms with Gasteiger partial charge in [0.1, 0.15) is 13.5 Å². The molecule has 0 saturated carbocycles. The third-order valence-corrected chi connectivity index (χ3v) is 3.01. The van der Waals surface area contributed by atoms with E-state index in [9.17, 15) is 9.59 Å². The Morgan fingerprint density at radius 3 is 1.17 bits per heavy atom. The Labute approximate surface area is 141 Å². The fourth-order valence-electron chi connectivity index (χ4n) is 1.72. The summed E-state index contributed by atoms with van der Waals surface area (Å²) in [6, 6.07) is 0. The van der Waals surface area contributed by atoms with Crippen molar-refractivity contribution in [1.82, 2.24) is 9.80 Å². The summed E-state index contributed by atoms with van der Waals surface area (Å²) in [7, 11) is 0. The summed E-state index contributed by atoms with van der Waals surface area (Å²) in [6.45, 7) is 0.422. The summed E-state index contributed by atoms with van der Waals surface area (Å²) >= 11 is 0. The monoisotopic (exact) mass is 352 g/mol. The van der Waals surface area contributed by atoms with Crippen molar-refractivity contribution in [2.24, 2.45) is 0 Å². The molecule has 0 rings (SSSR count). The van der Waals surface area contributed by atoms with Crippen molar-refractivity contribution in [3.8, 4) is 0 Å². The Balaban J connectivity index is 3.93. The van der Waals surface area contributed by atoms with E-state index >= 15 is 0 Å². The number of nitrogens with zero attached hydrogens (tertiary/aromatic N) is 2. The summed E-state index contributed by atoms with van der Waals surface area (Å²) in [6.07, 6.45) is -0.296. The normalized spacial score (nSPS) is 11.1. The Bertz CT molecular complexity index is 299. The maximum atomic E-state index is 11.5. The molecule has 0 saturated heterocycles. The van der Waals surface area contributed by atoms with E-state index < -0.39 is 11.9 Å². The highest BCUT2D eigenvalue weighted by Gasteiger charge is 2.13. The lowest BCUT2D eigenvalue weighted by atomic mass is 10.3. The molecule has 0 aromatic rings. The molecule has 0 aromatic carbocycles. The SMILES string of the molecule is O=C(CCC(=O)OCN(CCO)CCO)OCN(CCO)CCO. The van der Waals surface area contributed by atoms with Gasteiger partial charge in [-0.1, -0.05) is 0 Å². The number of aliphatic hydroxyl groups excluding tert-OH is 4. The third-order valence-electron chi connectivity index (χ3n) is 3.01. The number of aliphatic hydroxyl groups is 4. The van der Waals surface area contributed by atoms with Crippen LogP contribution in [0, 0.1) is 0 Å². The predicted octanol–water partition coefficient (Wildman–Crippen LogP) is -2.66. The second-order valence-corrected chi connectivity index (χ2v) is 4.92. The van der Waals surface area contributed by atoms with Gasteiger partial charge in [0.05, 0.1) is 39.3 Å². The molecule has 10 nitrogen and oxygen atoms in total. The lowest BCUT2D eigenvalue weighted by Gasteiger charge is -2.20. The van der Waals surface area contributed by atoms with Gasteiger partial charge in [-0.25, -0.2) is 0 Å². The van der Waals surface area contributed by atoms with Crippen LogP contribution in [0.2, 0.25) is 0 Å². The average Bonchev–Trinajstić information content (AvgIpc) is 2.56. The molecule has 0 fully saturated rings. The van der Waals surface area contributed by atoms with E-state index in [0.29, 0.717) is 0 Å². The Hall–Kier alpha value is -1.30. The Morgan fingerprint density at radius 2 is 0.917 bits per heavy atom. The number of rotatable bonds is 15. The average molecular weight is 352 g/mol. The lowest BCUT2D eigenvalue weighted by Crippen LogP contribution is -2.33. The molecule has 0 unspecified atom stereocenters. The van der Waals surface area contributed by atoms with Gasteiger partial charge in [-0.05, 0) is 0 Å². The largest absolute Gasteiger partial charge is 0.449 e. The van der Waals surface area contributed by atoms with E-state index in [4.69, 9.17) is 29.9 Å². The van der Waals surface area contributed by atoms with Gasteiger partial charge < -0.3 is 29.9 Å². The van der Waals surface area contributed by atoms with Crippen molar-refractivity contribution < 1.29 is 39.5 Å². The van der Waals surface area contributed by atoms with Crippen LogP contribution in [0.25, 0.3) is 0 Å². The predicted molar refractivity (Wildman–Crippen MR) is 82.6 cm³/mol. The van der Waals surface area contributed by atoms with Gasteiger partial charge in [0, 0.05) is 26.2 Å². The lowest BCUT2D eigenvalue weighted by molar-refractivity contribution is -0.155. The molecule has 0 spiro atoms. The molecule has 4 N–H and O–H groups in total. The van der Waals surface area contributed by atoms with E-state index in [1.165, 1.54) is 0 Å². The standard InChI is InChI=1S/C14H28N2O8/c17-7-3-15(4-8-18)11-23-13(21)1-2-14(22)24-12-16(5-9-19)6-10-20/h17-20H,1-12H2. The van der Waals surface area contributed by atoms with Crippen LogP contribution in [-0.4, -0.2) is 108 Å². The minimum Gasteiger partial charge on any atom is -0.449 e. The smallest absolute Gasteiger partial charge is 0.307 e. The van der Waals surface area contributed by atoms with Gasteiger partial charge in [0.15, 0.2) is 0 Å². The Morgan fingerprint density at radius 1 is 0.625 bits per heavy atom. The van der Waals surface area contributed by atoms with Gasteiger partial charge in [0.25, 0.3) is 0 Å². The maximum absolute atomic E-state index is 11.5. The fraction of sp³-hybridized carbons (Fsp3) is 0.857. The van der Waals surface area contributed by atoms with Crippen LogP contribution in [0.1, 0.15) is 12.8 Å². The molecule has 24 heavy (non-hydrogen) atoms. The summed E-state index contributed by atoms with van der Waals surface area (Å²) in [5.41, 5.74) is 0. The van der Waals surface area contributed by atoms with Crippen LogP contribution in [0.3, 0.4) is 0 Å². The van der Waals surface area contributed by atoms with E-state index in [2.05, 4.69) is 0 Å². The molecular formula is C14H28N2O8. The number of hydrogen-bond donors (Lipinski definition) is 4. The fourth-order valence-corrected chi connectivity index (χ4v) is 1.72. The van der Waals surface area contributed by atoms with Gasteiger partial charge in [-0.3, -0.25) is 19.4 Å². The molecule has 0 radical (unpaired) electrons. The molecule has 0 aliphatic rings. The number of carbonyl (C=O) groups is 2. The van der Waals surface area contributed by atoms with E-state index in [1.54, 1.807) is 9.80 Å². The first kappa shape index (κ1) is 22.7. The second-order valence-electron chi connectivity index (χ2n) is 4.92. The first-order valence-corrected chi connectivity index (χ1v) is 7.76. The topological polar surface area (TPSA) is 140 Å². The van der Waals surface area contributed by atoms with Gasteiger partial charge in [-0.2, -0.15) is 0 Å². The summed E-state index contributed by atoms with van der Waals surface area (Å²) in [5.74, 6) is -1.18. The van der Waals surface area contributed by atoms with Crippen molar-refractivity contribution in [2.45, 2.75) is 12.8 Å². The summed E-state index contributed by atoms with van der Waals surface area (Å²) in [5, 5.41) is 35.3. The number of ether oxygens (including phenoxy) is 2. The molecular weight excluding hydrogens is 324 g/mol. The van der Waals surface area contributed by atoms with Crippen LogP contribution < -0.4 is 0 Å². The Kier molecular flexibility index (Phi) is 14.4. The first-order valence-electron chi connectivity index (χ1n) is 7.76. The quantitative estimate of drug-likeness (QED) is 0.182. The van der Waals surface area contributed by atoms with Gasteiger partial charge in [-0.15, -0.1) is 0 Å². The van der Waals surface area contributed by atoms with Crippen LogP contribution in [0.5, 0.6) is 0 Å². The van der Waals surface area contributed by atoms with E-state index in [0.717, 1.165) is 0 Å². The van der Waals surface area contributed by atoms with E-state index in [1.807, 2.05) is 0 Å². The zero-order valence-electron chi connectivity index (χ0n) is 13.8. The second kappa shape index (κ2) is 15.2. The number of esters is 2. The zero-order chi connectivity index (χ0) is 18.2. The van der Waals surface area contributed by atoms with Crippen molar-refractivity contribution >= 4 is 11.9 Å². The third kappa shape index (κ3) is 12.2. The molecule has 0 amide bonds. The number of hydrogen-bond acceptors (Lipinski definition) is 10. The molecule has 0 bridgehead atoms.